The van der Waals surface area contributed by atoms with E-state index < -0.39 is 5.41 Å². The summed E-state index contributed by atoms with van der Waals surface area (Å²) in [5, 5.41) is 6.49. The summed E-state index contributed by atoms with van der Waals surface area (Å²) in [6.07, 6.45) is 0. The van der Waals surface area contributed by atoms with E-state index in [1.807, 2.05) is 34.0 Å². The van der Waals surface area contributed by atoms with E-state index in [2.05, 4.69) is 240 Å². The van der Waals surface area contributed by atoms with Gasteiger partial charge in [-0.05, 0) is 137 Å². The fourth-order valence-electron chi connectivity index (χ4n) is 11.6. The van der Waals surface area contributed by atoms with Crippen LogP contribution in [0.5, 0.6) is 0 Å². The summed E-state index contributed by atoms with van der Waals surface area (Å²) in [5.74, 6) is 0. The summed E-state index contributed by atoms with van der Waals surface area (Å²) < 4.78 is 6.55. The molecule has 2 aliphatic rings. The quantitative estimate of drug-likeness (QED) is 0.164. The Kier molecular flexibility index (Phi) is 8.23. The number of benzene rings is 10. The number of nitrogens with zero attached hydrogens (tertiary/aromatic N) is 2. The van der Waals surface area contributed by atoms with Gasteiger partial charge >= 0.3 is 0 Å². The van der Waals surface area contributed by atoms with E-state index in [9.17, 15) is 0 Å². The van der Waals surface area contributed by atoms with Crippen LogP contribution in [0.1, 0.15) is 21.6 Å². The molecule has 3 aromatic heterocycles. The third kappa shape index (κ3) is 5.38. The molecule has 68 heavy (non-hydrogen) atoms. The average molecular weight is 919 g/mol. The highest BCUT2D eigenvalue weighted by molar-refractivity contribution is 7.26. The molecule has 2 aliphatic carbocycles. The van der Waals surface area contributed by atoms with E-state index in [1.54, 1.807) is 0 Å². The Morgan fingerprint density at radius 1 is 0.265 bits per heavy atom. The normalized spacial score (nSPS) is 14.5. The summed E-state index contributed by atoms with van der Waals surface area (Å²) in [4.78, 5) is 6.32. The van der Waals surface area contributed by atoms with Gasteiger partial charge in [-0.1, -0.05) is 127 Å². The van der Waals surface area contributed by atoms with Crippen LogP contribution in [0.3, 0.4) is 0 Å². The first kappa shape index (κ1) is 38.3. The van der Waals surface area contributed by atoms with E-state index in [0.29, 0.717) is 0 Å². The molecule has 0 N–H and O–H groups in total. The van der Waals surface area contributed by atoms with Crippen molar-refractivity contribution in [3.63, 3.8) is 0 Å². The summed E-state index contributed by atoms with van der Waals surface area (Å²) in [7, 11) is 0. The predicted molar refractivity (Wildman–Crippen MR) is 293 cm³/mol. The maximum atomic E-state index is 2.53. The molecular formula is C63H38N2S3. The number of hydrogen-bond donors (Lipinski definition) is 0. The Bertz CT molecular complexity index is 4180. The number of anilines is 6. The predicted octanol–water partition coefficient (Wildman–Crippen LogP) is 18.9. The fourth-order valence-corrected chi connectivity index (χ4v) is 15.2. The Labute approximate surface area is 405 Å². The van der Waals surface area contributed by atoms with Crippen LogP contribution in [-0.2, 0) is 5.41 Å². The van der Waals surface area contributed by atoms with Gasteiger partial charge in [0.1, 0.15) is 0 Å². The van der Waals surface area contributed by atoms with Gasteiger partial charge in [0.2, 0.25) is 0 Å². The number of hydrogen-bond acceptors (Lipinski definition) is 5. The van der Waals surface area contributed by atoms with Crippen molar-refractivity contribution in [1.29, 1.82) is 0 Å². The van der Waals surface area contributed by atoms with Gasteiger partial charge in [-0.2, -0.15) is 0 Å². The summed E-state index contributed by atoms with van der Waals surface area (Å²) in [6, 6.07) is 86.2. The molecule has 2 nitrogen and oxygen atoms in total. The molecule has 10 aromatic carbocycles. The van der Waals surface area contributed by atoms with Crippen LogP contribution in [-0.4, -0.2) is 0 Å². The van der Waals surface area contributed by atoms with Crippen molar-refractivity contribution in [2.75, 3.05) is 9.80 Å². The lowest BCUT2D eigenvalue weighted by atomic mass is 9.73. The molecule has 1 spiro atoms. The molecule has 318 valence electrons. The maximum Gasteiger partial charge on any atom is 0.0820 e. The largest absolute Gasteiger partial charge is 0.310 e. The Morgan fingerprint density at radius 2 is 0.676 bits per heavy atom. The van der Waals surface area contributed by atoms with Crippen LogP contribution in [0.15, 0.2) is 231 Å². The first-order valence-corrected chi connectivity index (χ1v) is 25.6. The highest BCUT2D eigenvalue weighted by Crippen LogP contribution is 2.67. The number of para-hydroxylation sites is 2. The maximum absolute atomic E-state index is 2.53. The van der Waals surface area contributed by atoms with Crippen molar-refractivity contribution in [1.82, 2.24) is 0 Å². The van der Waals surface area contributed by atoms with Gasteiger partial charge in [0.25, 0.3) is 0 Å². The van der Waals surface area contributed by atoms with Gasteiger partial charge in [0, 0.05) is 95.0 Å². The van der Waals surface area contributed by atoms with Crippen molar-refractivity contribution >= 4 is 119 Å². The minimum atomic E-state index is -0.571. The lowest BCUT2D eigenvalue weighted by molar-refractivity contribution is 0.811. The molecule has 3 heterocycles. The molecule has 0 bridgehead atoms. The monoisotopic (exact) mass is 918 g/mol. The molecule has 0 radical (unpaired) electrons. The van der Waals surface area contributed by atoms with Gasteiger partial charge in [0.15, 0.2) is 0 Å². The molecule has 0 saturated heterocycles. The smallest absolute Gasteiger partial charge is 0.0820 e. The van der Waals surface area contributed by atoms with Gasteiger partial charge in [-0.3, -0.25) is 0 Å². The SMILES string of the molecule is c1ccc(N(c2ccc3c(c2)C2(c4ccccc4-3)c3cc(N(c4ccccc4)c4ccc5sc6ccccc6c5c4)ccc3-c3c2sc2ccccc32)c2ccc3sc4ccccc4c3c2)cc1. The Hall–Kier alpha value is -7.80. The summed E-state index contributed by atoms with van der Waals surface area (Å²) >= 11 is 5.69. The van der Waals surface area contributed by atoms with E-state index in [4.69, 9.17) is 0 Å². The fraction of sp³-hybridized carbons (Fsp3) is 0.0159. The number of rotatable bonds is 6. The van der Waals surface area contributed by atoms with E-state index in [1.165, 1.54) is 94.3 Å². The topological polar surface area (TPSA) is 6.48 Å². The molecular weight excluding hydrogens is 881 g/mol. The number of thiophene rings is 3. The van der Waals surface area contributed by atoms with Crippen LogP contribution in [0.2, 0.25) is 0 Å². The van der Waals surface area contributed by atoms with Crippen molar-refractivity contribution < 1.29 is 0 Å². The lowest BCUT2D eigenvalue weighted by Crippen LogP contribution is -2.25. The van der Waals surface area contributed by atoms with Crippen molar-refractivity contribution in [2.45, 2.75) is 5.41 Å². The van der Waals surface area contributed by atoms with Crippen LogP contribution in [0.4, 0.5) is 34.1 Å². The Balaban J connectivity index is 0.996. The third-order valence-electron chi connectivity index (χ3n) is 14.4. The third-order valence-corrected chi connectivity index (χ3v) is 18.0. The van der Waals surface area contributed by atoms with Gasteiger partial charge in [-0.25, -0.2) is 0 Å². The van der Waals surface area contributed by atoms with E-state index >= 15 is 0 Å². The molecule has 1 atom stereocenters. The van der Waals surface area contributed by atoms with Crippen LogP contribution in [0, 0.1) is 0 Å². The van der Waals surface area contributed by atoms with Crippen molar-refractivity contribution in [3.8, 4) is 22.3 Å². The van der Waals surface area contributed by atoms with Gasteiger partial charge in [-0.15, -0.1) is 34.0 Å². The molecule has 0 saturated carbocycles. The second kappa shape index (κ2) is 14.6. The molecule has 0 aliphatic heterocycles. The first-order valence-electron chi connectivity index (χ1n) is 23.1. The number of fused-ring (bicyclic) bond motifs is 18. The molecule has 1 unspecified atom stereocenters. The van der Waals surface area contributed by atoms with Crippen LogP contribution >= 0.6 is 34.0 Å². The summed E-state index contributed by atoms with van der Waals surface area (Å²) in [6.45, 7) is 0. The zero-order valence-electron chi connectivity index (χ0n) is 36.6. The molecule has 13 aromatic rings. The van der Waals surface area contributed by atoms with Crippen LogP contribution < -0.4 is 9.80 Å². The second-order valence-corrected chi connectivity index (χ2v) is 21.2. The zero-order chi connectivity index (χ0) is 44.5. The minimum absolute atomic E-state index is 0.571. The molecule has 15 rings (SSSR count). The van der Waals surface area contributed by atoms with E-state index in [0.717, 1.165) is 34.1 Å². The zero-order valence-corrected chi connectivity index (χ0v) is 39.0. The van der Waals surface area contributed by atoms with E-state index in [-0.39, 0.29) is 0 Å². The molecule has 0 fully saturated rings. The van der Waals surface area contributed by atoms with Gasteiger partial charge in [0.05, 0.1) is 5.41 Å². The second-order valence-electron chi connectivity index (χ2n) is 18.0. The minimum Gasteiger partial charge on any atom is -0.310 e. The highest BCUT2D eigenvalue weighted by Gasteiger charge is 2.54. The first-order chi connectivity index (χ1) is 33.7. The average Bonchev–Trinajstić information content (AvgIpc) is 4.20. The van der Waals surface area contributed by atoms with Gasteiger partial charge < -0.3 is 9.80 Å². The highest BCUT2D eigenvalue weighted by atomic mass is 32.1. The molecule has 5 heteroatoms. The lowest BCUT2D eigenvalue weighted by Gasteiger charge is -2.32. The van der Waals surface area contributed by atoms with Crippen molar-refractivity contribution in [3.05, 3.63) is 252 Å². The van der Waals surface area contributed by atoms with Crippen LogP contribution in [0.25, 0.3) is 72.7 Å². The standard InChI is InChI=1S/C63H38N2S3/c1-3-15-39(16-4-1)64(41-29-33-59-51(35-41)47-20-8-12-24-56(47)66-59)43-27-31-46-45-19-7-11-23-53(45)63(54(46)37-43)55-38-44(28-32-49(55)61-50-22-10-14-26-58(50)68-62(61)63)65(40-17-5-2-6-18-40)42-30-34-60-52(36-42)48-21-9-13-25-57(48)67-60/h1-38H. The summed E-state index contributed by atoms with van der Waals surface area (Å²) in [5.41, 5.74) is 15.5. The van der Waals surface area contributed by atoms with Crippen molar-refractivity contribution in [2.24, 2.45) is 0 Å². The Morgan fingerprint density at radius 3 is 1.26 bits per heavy atom. The molecule has 0 amide bonds.